The number of hydrogen-bond donors (Lipinski definition) is 0. The Morgan fingerprint density at radius 3 is 2.09 bits per heavy atom. The molecule has 0 fully saturated rings. The predicted molar refractivity (Wildman–Crippen MR) is 72.9 cm³/mol. The molecular formula is C10H11BF4KN3O3S. The van der Waals surface area contributed by atoms with Crippen molar-refractivity contribution in [2.45, 2.75) is 27.3 Å². The molecule has 0 aliphatic heterocycles. The van der Waals surface area contributed by atoms with Crippen LogP contribution in [0.25, 0.3) is 10.4 Å². The second-order valence-electron chi connectivity index (χ2n) is 4.54. The van der Waals surface area contributed by atoms with Crippen LogP contribution in [-0.2, 0) is 17.0 Å². The molecule has 0 saturated carbocycles. The molecule has 1 rings (SSSR count). The van der Waals surface area contributed by atoms with Crippen molar-refractivity contribution < 1.29 is 80.8 Å². The standard InChI is InChI=1S/C10H11BF4N3O3S.K/c1-5-8(4-17-18-16)6(2)10(21-22(15,19)20)7(3)9(5)11(12,13)14;/h4H2,1-3H3;/q-1;+1. The average molecular weight is 379 g/mol. The van der Waals surface area contributed by atoms with Crippen LogP contribution in [0.2, 0.25) is 0 Å². The van der Waals surface area contributed by atoms with Gasteiger partial charge in [0.25, 0.3) is 0 Å². The van der Waals surface area contributed by atoms with Gasteiger partial charge in [0.1, 0.15) is 5.75 Å². The van der Waals surface area contributed by atoms with Crippen molar-refractivity contribution in [2.75, 3.05) is 0 Å². The largest absolute Gasteiger partial charge is 1.00 e. The van der Waals surface area contributed by atoms with Gasteiger partial charge in [-0.15, -0.1) is 0 Å². The minimum Gasteiger partial charge on any atom is -0.445 e. The van der Waals surface area contributed by atoms with E-state index in [1.807, 2.05) is 0 Å². The molecule has 0 saturated heterocycles. The van der Waals surface area contributed by atoms with E-state index in [-0.39, 0.29) is 68.1 Å². The first-order chi connectivity index (χ1) is 9.90. The van der Waals surface area contributed by atoms with Crippen LogP contribution in [0.5, 0.6) is 5.75 Å². The third-order valence-electron chi connectivity index (χ3n) is 3.20. The number of nitrogens with zero attached hydrogens (tertiary/aromatic N) is 3. The Labute approximate surface area is 173 Å². The molecule has 13 heteroatoms. The molecule has 1 aromatic carbocycles. The van der Waals surface area contributed by atoms with Crippen LogP contribution in [-0.4, -0.2) is 15.4 Å². The zero-order valence-electron chi connectivity index (χ0n) is 12.8. The van der Waals surface area contributed by atoms with Crippen molar-refractivity contribution in [3.05, 3.63) is 32.7 Å². The van der Waals surface area contributed by atoms with Crippen LogP contribution < -0.4 is 61.0 Å². The summed E-state index contributed by atoms with van der Waals surface area (Å²) in [6, 6.07) is 0. The molecule has 0 amide bonds. The van der Waals surface area contributed by atoms with E-state index >= 15 is 0 Å². The van der Waals surface area contributed by atoms with E-state index in [0.29, 0.717) is 0 Å². The van der Waals surface area contributed by atoms with Gasteiger partial charge in [-0.05, 0) is 43.0 Å². The summed E-state index contributed by atoms with van der Waals surface area (Å²) in [7, 11) is -5.50. The first-order valence-electron chi connectivity index (χ1n) is 5.87. The van der Waals surface area contributed by atoms with Gasteiger partial charge in [-0.1, -0.05) is 20.0 Å². The maximum atomic E-state index is 13.2. The van der Waals surface area contributed by atoms with E-state index in [1.54, 1.807) is 0 Å². The molecule has 0 atom stereocenters. The van der Waals surface area contributed by atoms with Gasteiger partial charge in [-0.25, -0.2) is 0 Å². The molecule has 1 aromatic rings. The zero-order valence-corrected chi connectivity index (χ0v) is 16.7. The molecule has 6 nitrogen and oxygen atoms in total. The summed E-state index contributed by atoms with van der Waals surface area (Å²) in [5, 5.41) is 3.18. The van der Waals surface area contributed by atoms with Crippen molar-refractivity contribution in [3.63, 3.8) is 0 Å². The number of hydrogen-bond acceptors (Lipinski definition) is 4. The summed E-state index contributed by atoms with van der Waals surface area (Å²) >= 11 is 0. The van der Waals surface area contributed by atoms with E-state index in [9.17, 15) is 25.3 Å². The second kappa shape index (κ2) is 8.19. The van der Waals surface area contributed by atoms with Crippen molar-refractivity contribution in [1.82, 2.24) is 0 Å². The van der Waals surface area contributed by atoms with E-state index in [2.05, 4.69) is 14.2 Å². The molecule has 0 spiro atoms. The van der Waals surface area contributed by atoms with Crippen LogP contribution in [0.15, 0.2) is 5.11 Å². The maximum absolute atomic E-state index is 13.2. The van der Waals surface area contributed by atoms with Gasteiger partial charge in [0.05, 0.1) is 6.54 Å². The van der Waals surface area contributed by atoms with Crippen molar-refractivity contribution >= 4 is 22.9 Å². The molecule has 0 bridgehead atoms. The van der Waals surface area contributed by atoms with Crippen molar-refractivity contribution in [3.8, 4) is 5.75 Å². The Morgan fingerprint density at radius 1 is 1.17 bits per heavy atom. The fraction of sp³-hybridized carbons (Fsp3) is 0.400. The first kappa shape index (κ1) is 22.7. The van der Waals surface area contributed by atoms with Crippen LogP contribution >= 0.6 is 0 Å². The first-order valence-corrected chi connectivity index (χ1v) is 7.18. The van der Waals surface area contributed by atoms with Gasteiger partial charge in [0.15, 0.2) is 0 Å². The van der Waals surface area contributed by atoms with Crippen LogP contribution in [0.1, 0.15) is 22.3 Å². The smallest absolute Gasteiger partial charge is 0.445 e. The molecule has 122 valence electrons. The van der Waals surface area contributed by atoms with Gasteiger partial charge < -0.3 is 17.1 Å². The van der Waals surface area contributed by atoms with Gasteiger partial charge in [0.2, 0.25) is 0 Å². The fourth-order valence-electron chi connectivity index (χ4n) is 2.32. The fourth-order valence-corrected chi connectivity index (χ4v) is 2.77. The quantitative estimate of drug-likeness (QED) is 0.181. The predicted octanol–water partition coefficient (Wildman–Crippen LogP) is 0.0737. The Morgan fingerprint density at radius 2 is 1.70 bits per heavy atom. The van der Waals surface area contributed by atoms with Crippen LogP contribution in [0.4, 0.5) is 16.8 Å². The number of benzene rings is 1. The molecular weight excluding hydrogens is 368 g/mol. The minimum atomic E-state index is -5.51. The Kier molecular flexibility index (Phi) is 8.08. The third-order valence-corrected chi connectivity index (χ3v) is 3.56. The van der Waals surface area contributed by atoms with Crippen molar-refractivity contribution in [2.24, 2.45) is 5.11 Å². The summed E-state index contributed by atoms with van der Waals surface area (Å²) in [6.07, 6.45) is 0. The molecule has 23 heavy (non-hydrogen) atoms. The van der Waals surface area contributed by atoms with Crippen LogP contribution in [0, 0.1) is 20.8 Å². The molecule has 0 aliphatic rings. The molecule has 0 heterocycles. The van der Waals surface area contributed by atoms with Gasteiger partial charge in [-0.3, -0.25) is 0 Å². The number of rotatable bonds is 5. The van der Waals surface area contributed by atoms with E-state index in [1.165, 1.54) is 13.8 Å². The minimum absolute atomic E-state index is 0. The number of halogens is 4. The van der Waals surface area contributed by atoms with Gasteiger partial charge in [-0.2, -0.15) is 8.42 Å². The molecule has 0 aromatic heterocycles. The topological polar surface area (TPSA) is 92.1 Å². The SMILES string of the molecule is Cc1c(CN=[N+]=[N-])c(C)c([B-](F)(F)F)c(C)c1OS(=O)(=O)F.[K+]. The Hall–Kier alpha value is -0.299. The van der Waals surface area contributed by atoms with E-state index in [0.717, 1.165) is 6.92 Å². The molecule has 0 radical (unpaired) electrons. The molecule has 0 N–H and O–H groups in total. The summed E-state index contributed by atoms with van der Waals surface area (Å²) in [5.74, 6) is -0.745. The zero-order chi connectivity index (χ0) is 17.3. The molecule has 0 unspecified atom stereocenters. The second-order valence-corrected chi connectivity index (χ2v) is 5.49. The Balaban J connectivity index is 0.00000484. The van der Waals surface area contributed by atoms with Crippen LogP contribution in [0.3, 0.4) is 0 Å². The summed E-state index contributed by atoms with van der Waals surface area (Å²) in [4.78, 5) is 2.45. The monoisotopic (exact) mass is 379 g/mol. The number of azide groups is 1. The summed E-state index contributed by atoms with van der Waals surface area (Å²) in [6.45, 7) is -2.54. The maximum Gasteiger partial charge on any atom is 1.00 e. The van der Waals surface area contributed by atoms with Crippen molar-refractivity contribution in [1.29, 1.82) is 0 Å². The summed E-state index contributed by atoms with van der Waals surface area (Å²) in [5.41, 5.74) is 6.37. The van der Waals surface area contributed by atoms with E-state index < -0.39 is 40.8 Å². The van der Waals surface area contributed by atoms with Gasteiger partial charge >= 0.3 is 68.9 Å². The summed E-state index contributed by atoms with van der Waals surface area (Å²) < 4.78 is 77.7. The third kappa shape index (κ3) is 5.62. The molecule has 0 aliphatic carbocycles. The normalized spacial score (nSPS) is 11.4. The Bertz CT molecular complexity index is 764. The van der Waals surface area contributed by atoms with E-state index in [4.69, 9.17) is 5.53 Å². The average Bonchev–Trinajstić information content (AvgIpc) is 2.31. The van der Waals surface area contributed by atoms with Gasteiger partial charge in [0, 0.05) is 4.91 Å².